The Morgan fingerprint density at radius 3 is 2.85 bits per heavy atom. The van der Waals surface area contributed by atoms with Crippen LogP contribution in [-0.2, 0) is 4.79 Å². The van der Waals surface area contributed by atoms with Gasteiger partial charge in [-0.25, -0.2) is 9.07 Å². The van der Waals surface area contributed by atoms with Crippen LogP contribution in [0.25, 0.3) is 11.4 Å². The number of hydrogen-bond acceptors (Lipinski definition) is 5. The maximum Gasteiger partial charge on any atom is 0.234 e. The summed E-state index contributed by atoms with van der Waals surface area (Å²) in [7, 11) is 0. The number of nitrogens with one attached hydrogen (secondary N) is 1. The van der Waals surface area contributed by atoms with Crippen molar-refractivity contribution in [1.82, 2.24) is 14.9 Å². The van der Waals surface area contributed by atoms with Gasteiger partial charge in [0.15, 0.2) is 5.82 Å². The van der Waals surface area contributed by atoms with Gasteiger partial charge in [-0.2, -0.15) is 0 Å². The molecule has 0 fully saturated rings. The lowest BCUT2D eigenvalue weighted by molar-refractivity contribution is -0.113. The lowest BCUT2D eigenvalue weighted by Crippen LogP contribution is -2.17. The zero-order valence-electron chi connectivity index (χ0n) is 13.7. The number of nitrogens with two attached hydrogens (primary N) is 1. The molecular weight excluding hydrogens is 377 g/mol. The van der Waals surface area contributed by atoms with Crippen molar-refractivity contribution in [2.75, 3.05) is 16.9 Å². The van der Waals surface area contributed by atoms with Gasteiger partial charge in [-0.05, 0) is 30.7 Å². The smallest absolute Gasteiger partial charge is 0.234 e. The van der Waals surface area contributed by atoms with Crippen molar-refractivity contribution in [1.29, 1.82) is 0 Å². The van der Waals surface area contributed by atoms with E-state index in [1.807, 2.05) is 31.2 Å². The fourth-order valence-electron chi connectivity index (χ4n) is 2.29. The molecule has 0 radical (unpaired) electrons. The summed E-state index contributed by atoms with van der Waals surface area (Å²) in [6.07, 6.45) is 0. The monoisotopic (exact) mass is 391 g/mol. The number of amides is 1. The second kappa shape index (κ2) is 7.76. The highest BCUT2D eigenvalue weighted by Crippen LogP contribution is 2.24. The lowest BCUT2D eigenvalue weighted by atomic mass is 10.1. The van der Waals surface area contributed by atoms with Crippen LogP contribution >= 0.6 is 23.4 Å². The summed E-state index contributed by atoms with van der Waals surface area (Å²) >= 11 is 6.91. The summed E-state index contributed by atoms with van der Waals surface area (Å²) < 4.78 is 15.0. The number of nitrogen functional groups attached to an aromatic ring is 1. The highest BCUT2D eigenvalue weighted by atomic mass is 35.5. The van der Waals surface area contributed by atoms with Gasteiger partial charge in [0.1, 0.15) is 5.82 Å². The van der Waals surface area contributed by atoms with Gasteiger partial charge in [-0.15, -0.1) is 10.2 Å². The molecule has 9 heteroatoms. The first-order valence-electron chi connectivity index (χ1n) is 7.60. The van der Waals surface area contributed by atoms with Crippen LogP contribution in [0.2, 0.25) is 5.02 Å². The molecule has 0 aliphatic rings. The molecule has 134 valence electrons. The average Bonchev–Trinajstić information content (AvgIpc) is 2.97. The summed E-state index contributed by atoms with van der Waals surface area (Å²) in [6.45, 7) is 1.95. The molecule has 1 aromatic heterocycles. The molecule has 3 rings (SSSR count). The number of benzene rings is 2. The van der Waals surface area contributed by atoms with E-state index in [9.17, 15) is 9.18 Å². The molecule has 0 atom stereocenters. The average molecular weight is 392 g/mol. The van der Waals surface area contributed by atoms with E-state index in [1.165, 1.54) is 22.9 Å². The molecule has 0 spiro atoms. The SMILES string of the molecule is Cc1ccccc1-c1nnc(SCC(=O)Nc2cc(Cl)ccc2F)n1N. The molecule has 26 heavy (non-hydrogen) atoms. The Kier molecular flexibility index (Phi) is 5.43. The summed E-state index contributed by atoms with van der Waals surface area (Å²) in [4.78, 5) is 12.1. The second-order valence-corrected chi connectivity index (χ2v) is 6.83. The fourth-order valence-corrected chi connectivity index (χ4v) is 3.12. The third kappa shape index (κ3) is 3.97. The Hall–Kier alpha value is -2.58. The van der Waals surface area contributed by atoms with E-state index in [1.54, 1.807) is 0 Å². The second-order valence-electron chi connectivity index (χ2n) is 5.45. The van der Waals surface area contributed by atoms with Crippen LogP contribution in [0.4, 0.5) is 10.1 Å². The standard InChI is InChI=1S/C17H15ClFN5OS/c1-10-4-2-3-5-12(10)16-22-23-17(24(16)20)26-9-15(25)21-14-8-11(18)6-7-13(14)19/h2-8H,9,20H2,1H3,(H,21,25). The van der Waals surface area contributed by atoms with E-state index < -0.39 is 11.7 Å². The molecule has 0 saturated carbocycles. The minimum absolute atomic E-state index is 0.00490. The van der Waals surface area contributed by atoms with Gasteiger partial charge >= 0.3 is 0 Å². The first kappa shape index (κ1) is 18.2. The van der Waals surface area contributed by atoms with Crippen molar-refractivity contribution in [2.24, 2.45) is 0 Å². The molecule has 0 aliphatic carbocycles. The summed E-state index contributed by atoms with van der Waals surface area (Å²) in [5, 5.41) is 11.3. The van der Waals surface area contributed by atoms with Crippen LogP contribution in [0.3, 0.4) is 0 Å². The molecule has 6 nitrogen and oxygen atoms in total. The fraction of sp³-hybridized carbons (Fsp3) is 0.118. The van der Waals surface area contributed by atoms with Crippen LogP contribution in [-0.4, -0.2) is 26.5 Å². The lowest BCUT2D eigenvalue weighted by Gasteiger charge is -2.07. The number of rotatable bonds is 5. The highest BCUT2D eigenvalue weighted by molar-refractivity contribution is 7.99. The first-order chi connectivity index (χ1) is 12.5. The van der Waals surface area contributed by atoms with Crippen molar-refractivity contribution in [2.45, 2.75) is 12.1 Å². The van der Waals surface area contributed by atoms with Gasteiger partial charge in [-0.1, -0.05) is 47.6 Å². The number of aromatic nitrogens is 3. The van der Waals surface area contributed by atoms with Crippen molar-refractivity contribution >= 4 is 35.0 Å². The molecule has 2 aromatic carbocycles. The number of halogens is 2. The zero-order valence-corrected chi connectivity index (χ0v) is 15.3. The van der Waals surface area contributed by atoms with E-state index in [2.05, 4.69) is 15.5 Å². The third-order valence-electron chi connectivity index (χ3n) is 3.59. The van der Waals surface area contributed by atoms with Crippen LogP contribution in [0.1, 0.15) is 5.56 Å². The summed E-state index contributed by atoms with van der Waals surface area (Å²) in [5.41, 5.74) is 1.90. The molecule has 0 saturated heterocycles. The van der Waals surface area contributed by atoms with Gasteiger partial charge in [0.25, 0.3) is 0 Å². The molecule has 3 N–H and O–H groups in total. The van der Waals surface area contributed by atoms with E-state index in [4.69, 9.17) is 17.4 Å². The third-order valence-corrected chi connectivity index (χ3v) is 4.76. The van der Waals surface area contributed by atoms with Gasteiger partial charge < -0.3 is 11.2 Å². The minimum atomic E-state index is -0.559. The predicted molar refractivity (Wildman–Crippen MR) is 101 cm³/mol. The van der Waals surface area contributed by atoms with E-state index in [0.29, 0.717) is 16.0 Å². The minimum Gasteiger partial charge on any atom is -0.335 e. The maximum absolute atomic E-state index is 13.7. The topological polar surface area (TPSA) is 85.8 Å². The van der Waals surface area contributed by atoms with Gasteiger partial charge in [0.2, 0.25) is 11.1 Å². The number of carbonyl (C=O) groups is 1. The number of carbonyl (C=O) groups excluding carboxylic acids is 1. The zero-order chi connectivity index (χ0) is 18.7. The number of nitrogens with zero attached hydrogens (tertiary/aromatic N) is 3. The van der Waals surface area contributed by atoms with E-state index in [0.717, 1.165) is 22.9 Å². The molecule has 0 aliphatic heterocycles. The van der Waals surface area contributed by atoms with E-state index in [-0.39, 0.29) is 11.4 Å². The Morgan fingerprint density at radius 1 is 1.31 bits per heavy atom. The molecule has 0 bridgehead atoms. The molecule has 1 amide bonds. The van der Waals surface area contributed by atoms with Crippen LogP contribution in [0, 0.1) is 12.7 Å². The molecular formula is C17H15ClFN5OS. The van der Waals surface area contributed by atoms with Gasteiger partial charge in [0, 0.05) is 10.6 Å². The quantitative estimate of drug-likeness (QED) is 0.513. The summed E-state index contributed by atoms with van der Waals surface area (Å²) in [5.74, 6) is 5.59. The molecule has 3 aromatic rings. The largest absolute Gasteiger partial charge is 0.335 e. The number of anilines is 1. The first-order valence-corrected chi connectivity index (χ1v) is 8.96. The maximum atomic E-state index is 13.7. The number of hydrogen-bond donors (Lipinski definition) is 2. The predicted octanol–water partition coefficient (Wildman–Crippen LogP) is 3.49. The number of aryl methyl sites for hydroxylation is 1. The number of thioether (sulfide) groups is 1. The van der Waals surface area contributed by atoms with Crippen molar-refractivity contribution in [3.05, 3.63) is 58.9 Å². The van der Waals surface area contributed by atoms with Crippen LogP contribution in [0.5, 0.6) is 0 Å². The normalized spacial score (nSPS) is 10.7. The van der Waals surface area contributed by atoms with Crippen molar-refractivity contribution < 1.29 is 9.18 Å². The molecule has 0 unspecified atom stereocenters. The summed E-state index contributed by atoms with van der Waals surface area (Å²) in [6, 6.07) is 11.6. The van der Waals surface area contributed by atoms with E-state index >= 15 is 0 Å². The van der Waals surface area contributed by atoms with Crippen molar-refractivity contribution in [3.8, 4) is 11.4 Å². The van der Waals surface area contributed by atoms with Crippen molar-refractivity contribution in [3.63, 3.8) is 0 Å². The Morgan fingerprint density at radius 2 is 2.08 bits per heavy atom. The van der Waals surface area contributed by atoms with Gasteiger partial charge in [0.05, 0.1) is 11.4 Å². The highest BCUT2D eigenvalue weighted by Gasteiger charge is 2.15. The van der Waals surface area contributed by atoms with Crippen LogP contribution in [0.15, 0.2) is 47.6 Å². The Labute approximate surface area is 158 Å². The van der Waals surface area contributed by atoms with Crippen LogP contribution < -0.4 is 11.2 Å². The Balaban J connectivity index is 1.68. The van der Waals surface area contributed by atoms with Gasteiger partial charge in [-0.3, -0.25) is 4.79 Å². The molecule has 1 heterocycles. The Bertz CT molecular complexity index is 962.